The Kier molecular flexibility index (Phi) is 4.78. The van der Waals surface area contributed by atoms with Gasteiger partial charge in [0.15, 0.2) is 0 Å². The third-order valence-electron chi connectivity index (χ3n) is 3.67. The monoisotopic (exact) mass is 372 g/mol. The molecule has 0 saturated heterocycles. The van der Waals surface area contributed by atoms with Gasteiger partial charge in [-0.3, -0.25) is 0 Å². The van der Waals surface area contributed by atoms with Crippen molar-refractivity contribution in [3.8, 4) is 28.5 Å². The Hall–Kier alpha value is -2.05. The summed E-state index contributed by atoms with van der Waals surface area (Å²) in [5.41, 5.74) is 4.52. The van der Waals surface area contributed by atoms with Gasteiger partial charge in [-0.05, 0) is 24.6 Å². The number of aryl methyl sites for hydroxylation is 1. The van der Waals surface area contributed by atoms with Crippen molar-refractivity contribution in [2.75, 3.05) is 0 Å². The van der Waals surface area contributed by atoms with Crippen LogP contribution in [0.5, 0.6) is 0 Å². The van der Waals surface area contributed by atoms with Crippen LogP contribution in [-0.4, -0.2) is 4.98 Å². The summed E-state index contributed by atoms with van der Waals surface area (Å²) in [4.78, 5) is 4.34. The predicted molar refractivity (Wildman–Crippen MR) is 99.6 cm³/mol. The number of rotatable bonds is 2. The van der Waals surface area contributed by atoms with Crippen LogP contribution in [0.1, 0.15) is 11.1 Å². The second kappa shape index (κ2) is 6.83. The van der Waals surface area contributed by atoms with Gasteiger partial charge in [-0.1, -0.05) is 76.8 Å². The van der Waals surface area contributed by atoms with E-state index in [4.69, 9.17) is 40.1 Å². The summed E-state index contributed by atoms with van der Waals surface area (Å²) < 4.78 is 0. The zero-order chi connectivity index (χ0) is 17.3. The lowest BCUT2D eigenvalue weighted by Gasteiger charge is -2.13. The fraction of sp³-hybridized carbons (Fsp3) is 0.0526. The number of nitriles is 1. The molecule has 0 aliphatic carbocycles. The van der Waals surface area contributed by atoms with Crippen LogP contribution in [0.3, 0.4) is 0 Å². The fourth-order valence-corrected chi connectivity index (χ4v) is 3.21. The summed E-state index contributed by atoms with van der Waals surface area (Å²) in [6, 6.07) is 16.9. The van der Waals surface area contributed by atoms with Gasteiger partial charge in [0.2, 0.25) is 0 Å². The first-order valence-electron chi connectivity index (χ1n) is 7.13. The van der Waals surface area contributed by atoms with Gasteiger partial charge in [0, 0.05) is 11.1 Å². The van der Waals surface area contributed by atoms with Gasteiger partial charge >= 0.3 is 0 Å². The topological polar surface area (TPSA) is 36.7 Å². The van der Waals surface area contributed by atoms with E-state index in [1.165, 1.54) is 0 Å². The molecule has 2 nitrogen and oxygen atoms in total. The number of aromatic nitrogens is 1. The highest BCUT2D eigenvalue weighted by Crippen LogP contribution is 2.42. The van der Waals surface area contributed by atoms with E-state index in [0.29, 0.717) is 26.9 Å². The Bertz CT molecular complexity index is 940. The molecule has 0 saturated carbocycles. The van der Waals surface area contributed by atoms with Crippen LogP contribution in [-0.2, 0) is 0 Å². The van der Waals surface area contributed by atoms with Crippen LogP contribution in [0.2, 0.25) is 15.2 Å². The first-order chi connectivity index (χ1) is 11.5. The highest BCUT2D eigenvalue weighted by molar-refractivity contribution is 6.46. The van der Waals surface area contributed by atoms with Crippen molar-refractivity contribution in [1.82, 2.24) is 4.98 Å². The van der Waals surface area contributed by atoms with Crippen molar-refractivity contribution in [2.24, 2.45) is 0 Å². The normalized spacial score (nSPS) is 10.5. The van der Waals surface area contributed by atoms with Crippen molar-refractivity contribution in [3.63, 3.8) is 0 Å². The maximum Gasteiger partial charge on any atom is 0.149 e. The second-order valence-electron chi connectivity index (χ2n) is 5.31. The second-order valence-corrected chi connectivity index (χ2v) is 6.42. The van der Waals surface area contributed by atoms with Gasteiger partial charge in [-0.15, -0.1) is 0 Å². The van der Waals surface area contributed by atoms with Gasteiger partial charge in [-0.2, -0.15) is 5.26 Å². The van der Waals surface area contributed by atoms with Crippen LogP contribution in [0.4, 0.5) is 0 Å². The number of benzene rings is 2. The molecule has 0 unspecified atom stereocenters. The lowest BCUT2D eigenvalue weighted by atomic mass is 10.0. The minimum atomic E-state index is 0.191. The van der Waals surface area contributed by atoms with Crippen molar-refractivity contribution >= 4 is 34.8 Å². The van der Waals surface area contributed by atoms with E-state index in [-0.39, 0.29) is 5.15 Å². The molecule has 0 amide bonds. The summed E-state index contributed by atoms with van der Waals surface area (Å²) in [6.07, 6.45) is 0. The molecule has 2 aromatic carbocycles. The molecule has 0 spiro atoms. The van der Waals surface area contributed by atoms with E-state index in [1.807, 2.05) is 31.2 Å². The number of hydrogen-bond acceptors (Lipinski definition) is 2. The van der Waals surface area contributed by atoms with Crippen molar-refractivity contribution in [2.45, 2.75) is 6.92 Å². The lowest BCUT2D eigenvalue weighted by Crippen LogP contribution is -1.93. The molecule has 0 fully saturated rings. The molecule has 0 aliphatic heterocycles. The smallest absolute Gasteiger partial charge is 0.149 e. The largest absolute Gasteiger partial charge is 0.233 e. The summed E-state index contributed by atoms with van der Waals surface area (Å²) in [7, 11) is 0. The van der Waals surface area contributed by atoms with Crippen molar-refractivity contribution in [3.05, 3.63) is 74.9 Å². The van der Waals surface area contributed by atoms with Crippen LogP contribution in [0.25, 0.3) is 22.4 Å². The van der Waals surface area contributed by atoms with Crippen LogP contribution in [0, 0.1) is 18.3 Å². The van der Waals surface area contributed by atoms with E-state index in [1.54, 1.807) is 24.3 Å². The number of halogens is 3. The van der Waals surface area contributed by atoms with E-state index < -0.39 is 0 Å². The Morgan fingerprint density at radius 1 is 0.833 bits per heavy atom. The summed E-state index contributed by atoms with van der Waals surface area (Å²) in [6.45, 7) is 2.01. The molecule has 118 valence electrons. The Morgan fingerprint density at radius 2 is 1.42 bits per heavy atom. The van der Waals surface area contributed by atoms with Crippen LogP contribution >= 0.6 is 34.8 Å². The molecule has 0 radical (unpaired) electrons. The Morgan fingerprint density at radius 3 is 2.00 bits per heavy atom. The first-order valence-corrected chi connectivity index (χ1v) is 8.26. The number of nitrogens with zero attached hydrogens (tertiary/aromatic N) is 2. The highest BCUT2D eigenvalue weighted by atomic mass is 35.5. The van der Waals surface area contributed by atoms with Gasteiger partial charge < -0.3 is 0 Å². The molecule has 3 rings (SSSR count). The average molecular weight is 374 g/mol. The zero-order valence-electron chi connectivity index (χ0n) is 12.6. The highest BCUT2D eigenvalue weighted by Gasteiger charge is 2.19. The molecule has 0 N–H and O–H groups in total. The molecular formula is C19H11Cl3N2. The molecule has 3 aromatic rings. The van der Waals surface area contributed by atoms with Crippen molar-refractivity contribution < 1.29 is 0 Å². The average Bonchev–Trinajstić information content (AvgIpc) is 2.60. The van der Waals surface area contributed by atoms with Crippen LogP contribution < -0.4 is 0 Å². The minimum absolute atomic E-state index is 0.191. The quantitative estimate of drug-likeness (QED) is 0.477. The Labute approximate surface area is 155 Å². The Balaban J connectivity index is 2.22. The molecule has 0 bridgehead atoms. The number of pyridine rings is 1. The SMILES string of the molecule is Cc1ccc(-c2nc(Cl)c(Cl)c(-c3ccc(C#N)cc3)c2Cl)cc1. The van der Waals surface area contributed by atoms with E-state index >= 15 is 0 Å². The summed E-state index contributed by atoms with van der Waals surface area (Å²) >= 11 is 19.2. The predicted octanol–water partition coefficient (Wildman–Crippen LogP) is 6.56. The third-order valence-corrected chi connectivity index (χ3v) is 4.77. The maximum absolute atomic E-state index is 8.93. The summed E-state index contributed by atoms with van der Waals surface area (Å²) in [5, 5.41) is 9.85. The molecule has 24 heavy (non-hydrogen) atoms. The standard InChI is InChI=1S/C19H11Cl3N2/c1-11-2-6-14(7-3-11)18-16(20)15(17(21)19(22)24-18)13-8-4-12(10-23)5-9-13/h2-9H,1H3. The fourth-order valence-electron chi connectivity index (χ4n) is 2.38. The number of hydrogen-bond donors (Lipinski definition) is 0. The molecule has 0 atom stereocenters. The third kappa shape index (κ3) is 3.12. The van der Waals surface area contributed by atoms with Gasteiger partial charge in [0.05, 0.1) is 27.4 Å². The molecular weight excluding hydrogens is 363 g/mol. The molecule has 1 aromatic heterocycles. The zero-order valence-corrected chi connectivity index (χ0v) is 14.9. The minimum Gasteiger partial charge on any atom is -0.233 e. The molecule has 1 heterocycles. The van der Waals surface area contributed by atoms with Gasteiger partial charge in [0.25, 0.3) is 0 Å². The summed E-state index contributed by atoms with van der Waals surface area (Å²) in [5.74, 6) is 0. The van der Waals surface area contributed by atoms with Crippen molar-refractivity contribution in [1.29, 1.82) is 5.26 Å². The molecule has 0 aliphatic rings. The maximum atomic E-state index is 8.93. The van der Waals surface area contributed by atoms with Gasteiger partial charge in [0.1, 0.15) is 5.15 Å². The van der Waals surface area contributed by atoms with Crippen LogP contribution in [0.15, 0.2) is 48.5 Å². The van der Waals surface area contributed by atoms with Gasteiger partial charge in [-0.25, -0.2) is 4.98 Å². The lowest BCUT2D eigenvalue weighted by molar-refractivity contribution is 1.32. The van der Waals surface area contributed by atoms with E-state index in [2.05, 4.69) is 11.1 Å². The molecule has 5 heteroatoms. The first kappa shape index (κ1) is 16.8. The van der Waals surface area contributed by atoms with E-state index in [9.17, 15) is 0 Å². The van der Waals surface area contributed by atoms with E-state index in [0.717, 1.165) is 16.7 Å².